The molecule has 3 heterocycles. The summed E-state index contributed by atoms with van der Waals surface area (Å²) < 4.78 is 1.42. The van der Waals surface area contributed by atoms with Crippen LogP contribution < -0.4 is 5.56 Å². The van der Waals surface area contributed by atoms with Crippen LogP contribution in [0.15, 0.2) is 53.7 Å². The Morgan fingerprint density at radius 3 is 2.68 bits per heavy atom. The first-order chi connectivity index (χ1) is 15.0. The van der Waals surface area contributed by atoms with Crippen LogP contribution in [-0.2, 0) is 17.8 Å². The highest BCUT2D eigenvalue weighted by Gasteiger charge is 2.25. The zero-order chi connectivity index (χ0) is 21.8. The van der Waals surface area contributed by atoms with Crippen LogP contribution in [0.5, 0.6) is 0 Å². The Morgan fingerprint density at radius 1 is 1.13 bits per heavy atom. The average molecular weight is 420 g/mol. The SMILES string of the molecule is Cc1cccc2c(=O)n(CC(=O)N(C)C3CCN(CCc4ccccn4)CC3)cnc12. The molecule has 0 bridgehead atoms. The number of aromatic nitrogens is 3. The molecule has 0 unspecified atom stereocenters. The maximum atomic E-state index is 12.9. The normalized spacial score (nSPS) is 15.3. The van der Waals surface area contributed by atoms with E-state index < -0.39 is 0 Å². The van der Waals surface area contributed by atoms with Crippen LogP contribution in [0, 0.1) is 6.92 Å². The minimum absolute atomic E-state index is 0.0199. The third-order valence-corrected chi connectivity index (χ3v) is 6.27. The molecule has 0 spiro atoms. The highest BCUT2D eigenvalue weighted by molar-refractivity contribution is 5.81. The van der Waals surface area contributed by atoms with Gasteiger partial charge in [0.15, 0.2) is 0 Å². The molecule has 7 heteroatoms. The van der Waals surface area contributed by atoms with Gasteiger partial charge in [-0.1, -0.05) is 18.2 Å². The van der Waals surface area contributed by atoms with Crippen LogP contribution in [0.1, 0.15) is 24.1 Å². The first-order valence-corrected chi connectivity index (χ1v) is 10.9. The van der Waals surface area contributed by atoms with Gasteiger partial charge in [-0.25, -0.2) is 4.98 Å². The van der Waals surface area contributed by atoms with Crippen LogP contribution in [0.2, 0.25) is 0 Å². The van der Waals surface area contributed by atoms with Crippen molar-refractivity contribution in [2.24, 2.45) is 0 Å². The zero-order valence-electron chi connectivity index (χ0n) is 18.2. The summed E-state index contributed by atoms with van der Waals surface area (Å²) in [6, 6.07) is 11.8. The van der Waals surface area contributed by atoms with Gasteiger partial charge in [-0.2, -0.15) is 0 Å². The van der Waals surface area contributed by atoms with E-state index in [-0.39, 0.29) is 24.1 Å². The van der Waals surface area contributed by atoms with Crippen molar-refractivity contribution >= 4 is 16.8 Å². The number of hydrogen-bond donors (Lipinski definition) is 0. The first kappa shape index (κ1) is 21.2. The van der Waals surface area contributed by atoms with Gasteiger partial charge in [0.05, 0.1) is 17.2 Å². The van der Waals surface area contributed by atoms with Crippen LogP contribution in [-0.4, -0.2) is 63.0 Å². The Morgan fingerprint density at radius 2 is 1.94 bits per heavy atom. The molecule has 162 valence electrons. The number of fused-ring (bicyclic) bond motifs is 1. The highest BCUT2D eigenvalue weighted by Crippen LogP contribution is 2.17. The van der Waals surface area contributed by atoms with Crippen LogP contribution in [0.3, 0.4) is 0 Å². The second-order valence-corrected chi connectivity index (χ2v) is 8.30. The van der Waals surface area contributed by atoms with E-state index in [4.69, 9.17) is 0 Å². The smallest absolute Gasteiger partial charge is 0.261 e. The number of nitrogens with zero attached hydrogens (tertiary/aromatic N) is 5. The monoisotopic (exact) mass is 419 g/mol. The van der Waals surface area contributed by atoms with E-state index in [2.05, 4.69) is 20.9 Å². The number of aryl methyl sites for hydroxylation is 1. The molecule has 7 nitrogen and oxygen atoms in total. The summed E-state index contributed by atoms with van der Waals surface area (Å²) in [6.07, 6.45) is 6.14. The third-order valence-electron chi connectivity index (χ3n) is 6.27. The topological polar surface area (TPSA) is 71.3 Å². The Kier molecular flexibility index (Phi) is 6.42. The molecule has 1 saturated heterocycles. The van der Waals surface area contributed by atoms with Crippen molar-refractivity contribution in [2.45, 2.75) is 38.8 Å². The maximum Gasteiger partial charge on any atom is 0.261 e. The number of hydrogen-bond acceptors (Lipinski definition) is 5. The molecule has 1 aromatic carbocycles. The number of likely N-dealkylation sites (N-methyl/N-ethyl adjacent to an activating group) is 1. The van der Waals surface area contributed by atoms with Gasteiger partial charge in [-0.15, -0.1) is 0 Å². The average Bonchev–Trinajstić information content (AvgIpc) is 2.80. The highest BCUT2D eigenvalue weighted by atomic mass is 16.2. The molecule has 0 N–H and O–H groups in total. The summed E-state index contributed by atoms with van der Waals surface area (Å²) >= 11 is 0. The lowest BCUT2D eigenvalue weighted by atomic mass is 10.0. The van der Waals surface area contributed by atoms with Crippen molar-refractivity contribution in [2.75, 3.05) is 26.7 Å². The van der Waals surface area contributed by atoms with Gasteiger partial charge in [0.2, 0.25) is 5.91 Å². The molecule has 4 rings (SSSR count). The minimum atomic E-state index is -0.167. The van der Waals surface area contributed by atoms with E-state index in [1.807, 2.05) is 49.3 Å². The van der Waals surface area contributed by atoms with Gasteiger partial charge in [0.25, 0.3) is 5.56 Å². The van der Waals surface area contributed by atoms with Gasteiger partial charge in [0, 0.05) is 51.0 Å². The van der Waals surface area contributed by atoms with E-state index in [1.54, 1.807) is 6.07 Å². The standard InChI is InChI=1S/C24H29N5O2/c1-18-6-5-8-21-23(18)26-17-29(24(21)31)16-22(30)27(2)20-10-14-28(15-11-20)13-9-19-7-3-4-12-25-19/h3-8,12,17,20H,9-11,13-16H2,1-2H3. The summed E-state index contributed by atoms with van der Waals surface area (Å²) in [5.41, 5.74) is 2.60. The lowest BCUT2D eigenvalue weighted by Gasteiger charge is -2.36. The number of benzene rings is 1. The Balaban J connectivity index is 1.32. The molecule has 2 aromatic heterocycles. The number of carbonyl (C=O) groups is 1. The fraction of sp³-hybridized carbons (Fsp3) is 0.417. The van der Waals surface area contributed by atoms with E-state index in [0.29, 0.717) is 10.9 Å². The number of amides is 1. The fourth-order valence-electron chi connectivity index (χ4n) is 4.26. The number of pyridine rings is 1. The Bertz CT molecular complexity index is 1100. The molecule has 0 aliphatic carbocycles. The van der Waals surface area contributed by atoms with Crippen molar-refractivity contribution in [1.29, 1.82) is 0 Å². The van der Waals surface area contributed by atoms with Crippen molar-refractivity contribution in [3.8, 4) is 0 Å². The molecule has 3 aromatic rings. The molecular formula is C24H29N5O2. The minimum Gasteiger partial charge on any atom is -0.341 e. The summed E-state index contributed by atoms with van der Waals surface area (Å²) in [5.74, 6) is -0.0529. The van der Waals surface area contributed by atoms with Gasteiger partial charge >= 0.3 is 0 Å². The number of piperidine rings is 1. The predicted molar refractivity (Wildman–Crippen MR) is 121 cm³/mol. The van der Waals surface area contributed by atoms with Gasteiger partial charge < -0.3 is 9.80 Å². The van der Waals surface area contributed by atoms with Gasteiger partial charge in [-0.3, -0.25) is 19.1 Å². The van der Waals surface area contributed by atoms with Crippen molar-refractivity contribution in [3.63, 3.8) is 0 Å². The molecular weight excluding hydrogens is 390 g/mol. The lowest BCUT2D eigenvalue weighted by molar-refractivity contribution is -0.133. The fourth-order valence-corrected chi connectivity index (χ4v) is 4.26. The lowest BCUT2D eigenvalue weighted by Crippen LogP contribution is -2.47. The molecule has 0 radical (unpaired) electrons. The second kappa shape index (κ2) is 9.39. The van der Waals surface area contributed by atoms with E-state index >= 15 is 0 Å². The van der Waals surface area contributed by atoms with Crippen LogP contribution in [0.25, 0.3) is 10.9 Å². The summed E-state index contributed by atoms with van der Waals surface area (Å²) in [7, 11) is 1.85. The van der Waals surface area contributed by atoms with Crippen molar-refractivity contribution in [1.82, 2.24) is 24.3 Å². The number of likely N-dealkylation sites (tertiary alicyclic amines) is 1. The van der Waals surface area contributed by atoms with E-state index in [0.717, 1.165) is 50.2 Å². The Hall–Kier alpha value is -3.06. The molecule has 0 atom stereocenters. The second-order valence-electron chi connectivity index (χ2n) is 8.30. The van der Waals surface area contributed by atoms with E-state index in [9.17, 15) is 9.59 Å². The Labute approximate surface area is 182 Å². The summed E-state index contributed by atoms with van der Waals surface area (Å²) in [5, 5.41) is 0.555. The quantitative estimate of drug-likeness (QED) is 0.613. The predicted octanol–water partition coefficient (Wildman–Crippen LogP) is 2.27. The number of carbonyl (C=O) groups excluding carboxylic acids is 1. The number of rotatable bonds is 6. The number of para-hydroxylation sites is 1. The molecule has 1 aliphatic heterocycles. The maximum absolute atomic E-state index is 12.9. The molecule has 1 amide bonds. The van der Waals surface area contributed by atoms with Crippen LogP contribution >= 0.6 is 0 Å². The van der Waals surface area contributed by atoms with Crippen LogP contribution in [0.4, 0.5) is 0 Å². The molecule has 31 heavy (non-hydrogen) atoms. The third kappa shape index (κ3) is 4.82. The zero-order valence-corrected chi connectivity index (χ0v) is 18.2. The largest absolute Gasteiger partial charge is 0.341 e. The van der Waals surface area contributed by atoms with Crippen molar-refractivity contribution < 1.29 is 4.79 Å². The molecule has 1 aliphatic rings. The summed E-state index contributed by atoms with van der Waals surface area (Å²) in [4.78, 5) is 38.7. The van der Waals surface area contributed by atoms with Gasteiger partial charge in [0.1, 0.15) is 6.54 Å². The first-order valence-electron chi connectivity index (χ1n) is 10.9. The molecule has 1 fully saturated rings. The van der Waals surface area contributed by atoms with E-state index in [1.165, 1.54) is 10.9 Å². The van der Waals surface area contributed by atoms with Crippen molar-refractivity contribution in [3.05, 3.63) is 70.5 Å². The molecule has 0 saturated carbocycles. The van der Waals surface area contributed by atoms with Gasteiger partial charge in [-0.05, 0) is 43.5 Å². The summed E-state index contributed by atoms with van der Waals surface area (Å²) in [6.45, 7) is 4.86.